The Hall–Kier alpha value is -2.98. The van der Waals surface area contributed by atoms with Crippen LogP contribution in [0.1, 0.15) is 24.3 Å². The average Bonchev–Trinajstić information content (AvgIpc) is 3.35. The summed E-state index contributed by atoms with van der Waals surface area (Å²) in [6.07, 6.45) is -2.65. The smallest absolute Gasteiger partial charge is 0.354 e. The van der Waals surface area contributed by atoms with E-state index in [1.165, 1.54) is 17.4 Å². The number of piperazine rings is 1. The van der Waals surface area contributed by atoms with Gasteiger partial charge in [-0.2, -0.15) is 18.3 Å². The molecule has 172 valence electrons. The zero-order valence-corrected chi connectivity index (χ0v) is 19.2. The molecule has 2 N–H and O–H groups in total. The van der Waals surface area contributed by atoms with Crippen LogP contribution in [0.2, 0.25) is 0 Å². The Balaban J connectivity index is 1.46. The molecule has 0 amide bonds. The highest BCUT2D eigenvalue weighted by molar-refractivity contribution is 7.15. The number of nitrogens with zero attached hydrogens (tertiary/aromatic N) is 4. The lowest BCUT2D eigenvalue weighted by molar-refractivity contribution is -0.136. The lowest BCUT2D eigenvalue weighted by atomic mass is 10.1. The van der Waals surface area contributed by atoms with Crippen molar-refractivity contribution in [2.45, 2.75) is 39.0 Å². The Kier molecular flexibility index (Phi) is 5.37. The highest BCUT2D eigenvalue weighted by Gasteiger charge is 2.34. The molecule has 1 fully saturated rings. The van der Waals surface area contributed by atoms with Crippen LogP contribution in [0.25, 0.3) is 32.9 Å². The number of halogens is 3. The van der Waals surface area contributed by atoms with Crippen molar-refractivity contribution in [3.05, 3.63) is 47.0 Å². The number of benzene rings is 1. The van der Waals surface area contributed by atoms with Crippen molar-refractivity contribution in [1.29, 1.82) is 0 Å². The van der Waals surface area contributed by atoms with E-state index in [1.54, 1.807) is 6.07 Å². The summed E-state index contributed by atoms with van der Waals surface area (Å²) in [5, 5.41) is 11.2. The van der Waals surface area contributed by atoms with Gasteiger partial charge in [0.2, 0.25) is 0 Å². The number of hydrogen-bond acceptors (Lipinski definition) is 6. The summed E-state index contributed by atoms with van der Waals surface area (Å²) >= 11 is 1.41. The van der Waals surface area contributed by atoms with E-state index < -0.39 is 11.7 Å². The second kappa shape index (κ2) is 8.11. The third kappa shape index (κ3) is 4.08. The number of H-pyrrole nitrogens is 1. The van der Waals surface area contributed by atoms with Crippen molar-refractivity contribution >= 4 is 28.1 Å². The Morgan fingerprint density at radius 2 is 1.82 bits per heavy atom. The molecule has 4 aromatic rings. The number of aryl methyl sites for hydroxylation is 1. The highest BCUT2D eigenvalue weighted by atomic mass is 32.1. The van der Waals surface area contributed by atoms with Crippen LogP contribution in [0.15, 0.2) is 36.5 Å². The molecule has 10 heteroatoms. The minimum absolute atomic E-state index is 0.0279. The van der Waals surface area contributed by atoms with Crippen LogP contribution in [0.4, 0.5) is 19.0 Å². The Morgan fingerprint density at radius 3 is 2.48 bits per heavy atom. The zero-order valence-electron chi connectivity index (χ0n) is 18.4. The minimum atomic E-state index is -4.46. The fourth-order valence-electron chi connectivity index (χ4n) is 4.43. The summed E-state index contributed by atoms with van der Waals surface area (Å²) in [4.78, 5) is 12.6. The summed E-state index contributed by atoms with van der Waals surface area (Å²) in [6.45, 7) is 8.05. The second-order valence-corrected chi connectivity index (χ2v) is 9.70. The Bertz CT molecular complexity index is 1280. The summed E-state index contributed by atoms with van der Waals surface area (Å²) in [5.74, 6) is 0.921. The van der Waals surface area contributed by atoms with Gasteiger partial charge in [-0.25, -0.2) is 9.97 Å². The normalized spacial score (nSPS) is 19.4. The van der Waals surface area contributed by atoms with Crippen LogP contribution in [-0.2, 0) is 6.18 Å². The summed E-state index contributed by atoms with van der Waals surface area (Å²) < 4.78 is 40.1. The standard InChI is InChI=1S/C23H23F3N6S/c1-12-10-32(11-13(2)28-12)18-8-7-15(9-27-18)19-14(3)33-22(29-19)21-16-5-4-6-17(23(24,25)26)20(16)30-31-21/h4-9,12-13,28H,10-11H2,1-3H3,(H,30,31). The zero-order chi connectivity index (χ0) is 23.3. The predicted octanol–water partition coefficient (Wildman–Crippen LogP) is 5.26. The number of rotatable bonds is 3. The number of nitrogens with one attached hydrogen (secondary N) is 2. The van der Waals surface area contributed by atoms with Crippen molar-refractivity contribution in [1.82, 2.24) is 25.5 Å². The van der Waals surface area contributed by atoms with E-state index in [9.17, 15) is 13.2 Å². The van der Waals surface area contributed by atoms with Gasteiger partial charge in [-0.15, -0.1) is 11.3 Å². The second-order valence-electron chi connectivity index (χ2n) is 8.50. The SMILES string of the molecule is Cc1sc(-c2n[nH]c3c(C(F)(F)F)cccc23)nc1-c1ccc(N2CC(C)NC(C)C2)nc1. The average molecular weight is 473 g/mol. The van der Waals surface area contributed by atoms with E-state index >= 15 is 0 Å². The molecule has 2 atom stereocenters. The van der Waals surface area contributed by atoms with Crippen molar-refractivity contribution in [3.63, 3.8) is 0 Å². The molecule has 1 aliphatic rings. The van der Waals surface area contributed by atoms with Gasteiger partial charge in [0.1, 0.15) is 16.5 Å². The van der Waals surface area contributed by atoms with Gasteiger partial charge < -0.3 is 10.2 Å². The first-order valence-corrected chi connectivity index (χ1v) is 11.5. The van der Waals surface area contributed by atoms with Crippen LogP contribution in [0.3, 0.4) is 0 Å². The lowest BCUT2D eigenvalue weighted by Gasteiger charge is -2.36. The van der Waals surface area contributed by atoms with Gasteiger partial charge >= 0.3 is 6.18 Å². The molecule has 1 aromatic carbocycles. The van der Waals surface area contributed by atoms with E-state index in [2.05, 4.69) is 39.2 Å². The monoisotopic (exact) mass is 472 g/mol. The number of thiazole rings is 1. The number of pyridine rings is 1. The molecule has 5 rings (SSSR count). The van der Waals surface area contributed by atoms with E-state index in [0.717, 1.165) is 41.1 Å². The number of anilines is 1. The first-order chi connectivity index (χ1) is 15.7. The van der Waals surface area contributed by atoms with E-state index in [0.29, 0.717) is 28.2 Å². The van der Waals surface area contributed by atoms with Crippen LogP contribution >= 0.6 is 11.3 Å². The van der Waals surface area contributed by atoms with Crippen molar-refractivity contribution in [3.8, 4) is 22.0 Å². The first-order valence-electron chi connectivity index (χ1n) is 10.7. The van der Waals surface area contributed by atoms with Gasteiger partial charge in [0.05, 0.1) is 16.8 Å². The van der Waals surface area contributed by atoms with Gasteiger partial charge in [-0.05, 0) is 39.0 Å². The number of aromatic amines is 1. The fraction of sp³-hybridized carbons (Fsp3) is 0.348. The molecule has 0 radical (unpaired) electrons. The molecular formula is C23H23F3N6S. The van der Waals surface area contributed by atoms with Gasteiger partial charge in [0, 0.05) is 47.2 Å². The molecule has 0 spiro atoms. The molecule has 6 nitrogen and oxygen atoms in total. The van der Waals surface area contributed by atoms with E-state index in [-0.39, 0.29) is 5.52 Å². The molecule has 1 saturated heterocycles. The maximum atomic E-state index is 13.4. The maximum absolute atomic E-state index is 13.4. The summed E-state index contributed by atoms with van der Waals surface area (Å²) in [5.41, 5.74) is 1.29. The summed E-state index contributed by atoms with van der Waals surface area (Å²) in [7, 11) is 0. The first kappa shape index (κ1) is 21.8. The molecule has 2 unspecified atom stereocenters. The topological polar surface area (TPSA) is 69.7 Å². The number of para-hydroxylation sites is 1. The molecule has 0 saturated carbocycles. The third-order valence-electron chi connectivity index (χ3n) is 5.81. The molecule has 3 aromatic heterocycles. The molecule has 4 heterocycles. The lowest BCUT2D eigenvalue weighted by Crippen LogP contribution is -2.54. The van der Waals surface area contributed by atoms with E-state index in [4.69, 9.17) is 4.98 Å². The van der Waals surface area contributed by atoms with Gasteiger partial charge in [0.15, 0.2) is 0 Å². The predicted molar refractivity (Wildman–Crippen MR) is 124 cm³/mol. The van der Waals surface area contributed by atoms with Gasteiger partial charge in [-0.1, -0.05) is 12.1 Å². The van der Waals surface area contributed by atoms with Crippen molar-refractivity contribution in [2.75, 3.05) is 18.0 Å². The fourth-order valence-corrected chi connectivity index (χ4v) is 5.37. The third-order valence-corrected chi connectivity index (χ3v) is 6.78. The van der Waals surface area contributed by atoms with Crippen LogP contribution in [0.5, 0.6) is 0 Å². The Labute approximate surface area is 192 Å². The quantitative estimate of drug-likeness (QED) is 0.426. The highest BCUT2D eigenvalue weighted by Crippen LogP contribution is 2.39. The largest absolute Gasteiger partial charge is 0.418 e. The molecule has 33 heavy (non-hydrogen) atoms. The van der Waals surface area contributed by atoms with E-state index in [1.807, 2.05) is 25.3 Å². The summed E-state index contributed by atoms with van der Waals surface area (Å²) in [6, 6.07) is 8.85. The Morgan fingerprint density at radius 1 is 1.06 bits per heavy atom. The van der Waals surface area contributed by atoms with Gasteiger partial charge in [-0.3, -0.25) is 5.10 Å². The van der Waals surface area contributed by atoms with Gasteiger partial charge in [0.25, 0.3) is 0 Å². The number of alkyl halides is 3. The molecule has 1 aliphatic heterocycles. The van der Waals surface area contributed by atoms with Crippen LogP contribution in [-0.4, -0.2) is 45.3 Å². The maximum Gasteiger partial charge on any atom is 0.418 e. The number of hydrogen-bond donors (Lipinski definition) is 2. The molecular weight excluding hydrogens is 449 g/mol. The molecule has 0 aliphatic carbocycles. The molecule has 0 bridgehead atoms. The minimum Gasteiger partial charge on any atom is -0.354 e. The van der Waals surface area contributed by atoms with Crippen molar-refractivity contribution < 1.29 is 13.2 Å². The van der Waals surface area contributed by atoms with Crippen molar-refractivity contribution in [2.24, 2.45) is 0 Å². The number of aromatic nitrogens is 4. The van der Waals surface area contributed by atoms with Crippen LogP contribution in [0, 0.1) is 6.92 Å². The number of fused-ring (bicyclic) bond motifs is 1. The van der Waals surface area contributed by atoms with Crippen LogP contribution < -0.4 is 10.2 Å².